The molecule has 1 fully saturated rings. The second kappa shape index (κ2) is 12.0. The summed E-state index contributed by atoms with van der Waals surface area (Å²) in [4.78, 5) is 26.5. The molecule has 0 radical (unpaired) electrons. The van der Waals surface area contributed by atoms with Gasteiger partial charge in [0.2, 0.25) is 10.0 Å². The van der Waals surface area contributed by atoms with E-state index in [-0.39, 0.29) is 42.5 Å². The minimum Gasteiger partial charge on any atom is -0.496 e. The Labute approximate surface area is 184 Å². The van der Waals surface area contributed by atoms with Crippen molar-refractivity contribution in [2.45, 2.75) is 37.5 Å². The number of nitrogens with zero attached hydrogens (tertiary/aromatic N) is 2. The van der Waals surface area contributed by atoms with Gasteiger partial charge >= 0.3 is 5.97 Å². The molecule has 1 heterocycles. The van der Waals surface area contributed by atoms with Gasteiger partial charge in [0.05, 0.1) is 30.8 Å². The Kier molecular flexibility index (Phi) is 9.73. The van der Waals surface area contributed by atoms with Crippen LogP contribution in [0.15, 0.2) is 23.1 Å². The molecule has 0 N–H and O–H groups in total. The van der Waals surface area contributed by atoms with E-state index in [1.807, 2.05) is 0 Å². The summed E-state index contributed by atoms with van der Waals surface area (Å²) in [5.41, 5.74) is 0.0683. The summed E-state index contributed by atoms with van der Waals surface area (Å²) in [5, 5.41) is 0. The van der Waals surface area contributed by atoms with Crippen LogP contribution >= 0.6 is 0 Å². The molecule has 0 spiro atoms. The summed E-state index contributed by atoms with van der Waals surface area (Å²) in [5.74, 6) is -0.861. The van der Waals surface area contributed by atoms with Crippen molar-refractivity contribution < 1.29 is 32.2 Å². The summed E-state index contributed by atoms with van der Waals surface area (Å²) in [7, 11) is -0.859. The van der Waals surface area contributed by atoms with E-state index in [1.165, 1.54) is 41.6 Å². The Morgan fingerprint density at radius 2 is 1.77 bits per heavy atom. The van der Waals surface area contributed by atoms with E-state index in [0.717, 1.165) is 25.7 Å². The number of sulfonamides is 1. The van der Waals surface area contributed by atoms with E-state index < -0.39 is 21.9 Å². The normalized spacial score (nSPS) is 15.2. The van der Waals surface area contributed by atoms with Gasteiger partial charge in [0, 0.05) is 26.7 Å². The van der Waals surface area contributed by atoms with Gasteiger partial charge in [-0.2, -0.15) is 4.31 Å². The summed E-state index contributed by atoms with van der Waals surface area (Å²) >= 11 is 0. The molecule has 0 bridgehead atoms. The molecule has 10 heteroatoms. The fourth-order valence-corrected chi connectivity index (χ4v) is 4.98. The summed E-state index contributed by atoms with van der Waals surface area (Å²) < 4.78 is 43.1. The third-order valence-electron chi connectivity index (χ3n) is 5.08. The highest BCUT2D eigenvalue weighted by Gasteiger charge is 2.29. The van der Waals surface area contributed by atoms with Crippen molar-refractivity contribution in [2.75, 3.05) is 53.6 Å². The zero-order chi connectivity index (χ0) is 22.9. The average Bonchev–Trinajstić information content (AvgIpc) is 3.06. The number of ether oxygens (including phenoxy) is 3. The van der Waals surface area contributed by atoms with E-state index in [2.05, 4.69) is 0 Å². The van der Waals surface area contributed by atoms with Crippen LogP contribution in [0.25, 0.3) is 0 Å². The Bertz CT molecular complexity index is 849. The lowest BCUT2D eigenvalue weighted by molar-refractivity contribution is -0.143. The van der Waals surface area contributed by atoms with Gasteiger partial charge in [-0.15, -0.1) is 0 Å². The van der Waals surface area contributed by atoms with E-state index in [4.69, 9.17) is 14.2 Å². The summed E-state index contributed by atoms with van der Waals surface area (Å²) in [6.07, 6.45) is 3.62. The summed E-state index contributed by atoms with van der Waals surface area (Å²) in [6, 6.07) is 4.24. The lowest BCUT2D eigenvalue weighted by Crippen LogP contribution is -2.39. The Balaban J connectivity index is 2.38. The quantitative estimate of drug-likeness (QED) is 0.496. The van der Waals surface area contributed by atoms with Gasteiger partial charge in [-0.25, -0.2) is 8.42 Å². The number of amides is 1. The Morgan fingerprint density at radius 3 is 2.35 bits per heavy atom. The molecule has 1 aromatic rings. The molecule has 0 saturated carbocycles. The van der Waals surface area contributed by atoms with Gasteiger partial charge in [-0.1, -0.05) is 12.8 Å². The number of carbonyl (C=O) groups excluding carboxylic acids is 2. The standard InChI is InChI=1S/C21H32N2O7S/c1-4-30-20(24)16-22(13-14-28-2)21(25)18-15-17(9-10-19(18)29-3)31(26,27)23-11-7-5-6-8-12-23/h9-10,15H,4-8,11-14,16H2,1-3H3. The largest absolute Gasteiger partial charge is 0.496 e. The molecule has 0 atom stereocenters. The molecular weight excluding hydrogens is 424 g/mol. The maximum Gasteiger partial charge on any atom is 0.325 e. The lowest BCUT2D eigenvalue weighted by atomic mass is 10.1. The fraction of sp³-hybridized carbons (Fsp3) is 0.619. The SMILES string of the molecule is CCOC(=O)CN(CCOC)C(=O)c1cc(S(=O)(=O)N2CCCCCC2)ccc1OC. The molecule has 9 nitrogen and oxygen atoms in total. The van der Waals surface area contributed by atoms with Gasteiger partial charge in [0.15, 0.2) is 0 Å². The number of methoxy groups -OCH3 is 2. The third-order valence-corrected chi connectivity index (χ3v) is 6.98. The number of carbonyl (C=O) groups is 2. The van der Waals surface area contributed by atoms with Crippen LogP contribution in [0, 0.1) is 0 Å². The highest BCUT2D eigenvalue weighted by Crippen LogP contribution is 2.27. The van der Waals surface area contributed by atoms with E-state index in [1.54, 1.807) is 6.92 Å². The molecule has 0 unspecified atom stereocenters. The van der Waals surface area contributed by atoms with E-state index >= 15 is 0 Å². The minimum atomic E-state index is -3.75. The van der Waals surface area contributed by atoms with Crippen molar-refractivity contribution in [2.24, 2.45) is 0 Å². The zero-order valence-electron chi connectivity index (χ0n) is 18.5. The Hall–Kier alpha value is -2.17. The summed E-state index contributed by atoms with van der Waals surface area (Å²) in [6.45, 7) is 2.86. The highest BCUT2D eigenvalue weighted by atomic mass is 32.2. The van der Waals surface area contributed by atoms with Gasteiger partial charge in [-0.05, 0) is 38.0 Å². The predicted octanol–water partition coefficient (Wildman–Crippen LogP) is 1.91. The topological polar surface area (TPSA) is 102 Å². The van der Waals surface area contributed by atoms with Crippen molar-refractivity contribution >= 4 is 21.9 Å². The third kappa shape index (κ3) is 6.65. The molecule has 31 heavy (non-hydrogen) atoms. The molecular formula is C21H32N2O7S. The molecule has 1 aliphatic heterocycles. The Morgan fingerprint density at radius 1 is 1.10 bits per heavy atom. The van der Waals surface area contributed by atoms with Crippen molar-refractivity contribution in [1.29, 1.82) is 0 Å². The van der Waals surface area contributed by atoms with Crippen molar-refractivity contribution in [1.82, 2.24) is 9.21 Å². The van der Waals surface area contributed by atoms with Crippen molar-refractivity contribution in [3.05, 3.63) is 23.8 Å². The van der Waals surface area contributed by atoms with Gasteiger partial charge < -0.3 is 19.1 Å². The molecule has 1 amide bonds. The maximum absolute atomic E-state index is 13.3. The van der Waals surface area contributed by atoms with Crippen LogP contribution in [0.3, 0.4) is 0 Å². The number of benzene rings is 1. The highest BCUT2D eigenvalue weighted by molar-refractivity contribution is 7.89. The number of hydrogen-bond acceptors (Lipinski definition) is 7. The zero-order valence-corrected chi connectivity index (χ0v) is 19.3. The first-order valence-electron chi connectivity index (χ1n) is 10.5. The van der Waals surface area contributed by atoms with Crippen LogP contribution < -0.4 is 4.74 Å². The van der Waals surface area contributed by atoms with Gasteiger partial charge in [0.25, 0.3) is 5.91 Å². The van der Waals surface area contributed by atoms with Crippen LogP contribution in [0.4, 0.5) is 0 Å². The first-order chi connectivity index (χ1) is 14.8. The minimum absolute atomic E-state index is 0.0291. The van der Waals surface area contributed by atoms with Gasteiger partial charge in [0.1, 0.15) is 12.3 Å². The second-order valence-electron chi connectivity index (χ2n) is 7.20. The van der Waals surface area contributed by atoms with Crippen molar-refractivity contribution in [3.63, 3.8) is 0 Å². The van der Waals surface area contributed by atoms with Crippen molar-refractivity contribution in [3.8, 4) is 5.75 Å². The molecule has 1 aliphatic rings. The maximum atomic E-state index is 13.3. The van der Waals surface area contributed by atoms with Crippen LogP contribution in [0.2, 0.25) is 0 Å². The molecule has 1 aromatic carbocycles. The number of esters is 1. The molecule has 174 valence electrons. The van der Waals surface area contributed by atoms with Crippen LogP contribution in [-0.2, 0) is 24.3 Å². The number of hydrogen-bond donors (Lipinski definition) is 0. The number of rotatable bonds is 10. The van der Waals surface area contributed by atoms with Crippen LogP contribution in [0.1, 0.15) is 43.0 Å². The van der Waals surface area contributed by atoms with Gasteiger partial charge in [-0.3, -0.25) is 9.59 Å². The predicted molar refractivity (Wildman–Crippen MR) is 115 cm³/mol. The van der Waals surface area contributed by atoms with Crippen LogP contribution in [-0.4, -0.2) is 83.1 Å². The first-order valence-corrected chi connectivity index (χ1v) is 11.9. The van der Waals surface area contributed by atoms with E-state index in [0.29, 0.717) is 13.1 Å². The molecule has 0 aromatic heterocycles. The molecule has 0 aliphatic carbocycles. The molecule has 1 saturated heterocycles. The van der Waals surface area contributed by atoms with Crippen LogP contribution in [0.5, 0.6) is 5.75 Å². The smallest absolute Gasteiger partial charge is 0.325 e. The monoisotopic (exact) mass is 456 g/mol. The molecule has 2 rings (SSSR count). The average molecular weight is 457 g/mol. The fourth-order valence-electron chi connectivity index (χ4n) is 3.43. The second-order valence-corrected chi connectivity index (χ2v) is 9.14. The lowest BCUT2D eigenvalue weighted by Gasteiger charge is -2.24. The first kappa shape index (κ1) is 25.1. The van der Waals surface area contributed by atoms with E-state index in [9.17, 15) is 18.0 Å².